The summed E-state index contributed by atoms with van der Waals surface area (Å²) in [6.45, 7) is 3.89. The number of benzene rings is 1. The molecule has 1 aromatic heterocycles. The highest BCUT2D eigenvalue weighted by molar-refractivity contribution is 14.0. The topological polar surface area (TPSA) is 47.9 Å². The second kappa shape index (κ2) is 9.71. The van der Waals surface area contributed by atoms with Crippen molar-refractivity contribution in [2.24, 2.45) is 4.99 Å². The fourth-order valence-corrected chi connectivity index (χ4v) is 2.68. The van der Waals surface area contributed by atoms with Crippen LogP contribution in [0.4, 0.5) is 4.39 Å². The van der Waals surface area contributed by atoms with E-state index in [4.69, 9.17) is 0 Å². The first-order chi connectivity index (χ1) is 10.6. The number of nitrogens with one attached hydrogen (secondary N) is 1. The van der Waals surface area contributed by atoms with Crippen molar-refractivity contribution < 1.29 is 9.50 Å². The van der Waals surface area contributed by atoms with Gasteiger partial charge in [0, 0.05) is 20.1 Å². The molecule has 1 aromatic carbocycles. The van der Waals surface area contributed by atoms with Gasteiger partial charge in [-0.15, -0.1) is 24.0 Å². The molecule has 4 nitrogen and oxygen atoms in total. The maximum Gasteiger partial charge on any atom is 0.194 e. The Morgan fingerprint density at radius 2 is 2.13 bits per heavy atom. The van der Waals surface area contributed by atoms with Crippen molar-refractivity contribution >= 4 is 41.3 Å². The Morgan fingerprint density at radius 1 is 1.35 bits per heavy atom. The zero-order valence-electron chi connectivity index (χ0n) is 13.1. The lowest BCUT2D eigenvalue weighted by Gasteiger charge is -2.21. The van der Waals surface area contributed by atoms with Gasteiger partial charge in [0.25, 0.3) is 0 Å². The zero-order chi connectivity index (χ0) is 15.9. The van der Waals surface area contributed by atoms with Crippen LogP contribution in [0.2, 0.25) is 0 Å². The van der Waals surface area contributed by atoms with Gasteiger partial charge < -0.3 is 15.3 Å². The third kappa shape index (κ3) is 5.98. The number of hydrogen-bond acceptors (Lipinski definition) is 3. The minimum absolute atomic E-state index is 0. The number of rotatable bonds is 5. The van der Waals surface area contributed by atoms with Crippen LogP contribution in [0.3, 0.4) is 0 Å². The molecule has 0 aliphatic rings. The third-order valence-corrected chi connectivity index (χ3v) is 3.85. The number of nitrogens with zero attached hydrogens (tertiary/aromatic N) is 2. The Morgan fingerprint density at radius 3 is 2.74 bits per heavy atom. The number of phenols is 1. The highest BCUT2D eigenvalue weighted by Gasteiger charge is 2.07. The Balaban J connectivity index is 0.00000264. The SMILES string of the molecule is CCNC(=NCc1ccc(O)c(F)c1)N(C)Cc1ccsc1.I. The maximum absolute atomic E-state index is 13.3. The Hall–Kier alpha value is -1.35. The summed E-state index contributed by atoms with van der Waals surface area (Å²) in [6.07, 6.45) is 0. The van der Waals surface area contributed by atoms with Crippen molar-refractivity contribution in [2.75, 3.05) is 13.6 Å². The molecule has 126 valence electrons. The highest BCUT2D eigenvalue weighted by Crippen LogP contribution is 2.16. The molecule has 0 bridgehead atoms. The molecule has 1 heterocycles. The molecule has 0 unspecified atom stereocenters. The first kappa shape index (κ1) is 19.7. The maximum atomic E-state index is 13.3. The van der Waals surface area contributed by atoms with Crippen LogP contribution in [0.5, 0.6) is 5.75 Å². The van der Waals surface area contributed by atoms with E-state index in [0.29, 0.717) is 6.54 Å². The Labute approximate surface area is 157 Å². The minimum Gasteiger partial charge on any atom is -0.505 e. The average Bonchev–Trinajstić information content (AvgIpc) is 2.99. The predicted octanol–water partition coefficient (Wildman–Crippen LogP) is 3.81. The first-order valence-corrected chi connectivity index (χ1v) is 8.02. The summed E-state index contributed by atoms with van der Waals surface area (Å²) in [5.41, 5.74) is 1.95. The van der Waals surface area contributed by atoms with E-state index in [9.17, 15) is 9.50 Å². The lowest BCUT2D eigenvalue weighted by atomic mass is 10.2. The van der Waals surface area contributed by atoms with Crippen LogP contribution >= 0.6 is 35.3 Å². The van der Waals surface area contributed by atoms with Gasteiger partial charge in [0.05, 0.1) is 6.54 Å². The van der Waals surface area contributed by atoms with Gasteiger partial charge in [-0.05, 0) is 47.0 Å². The second-order valence-electron chi connectivity index (χ2n) is 4.94. The molecule has 0 spiro atoms. The number of guanidine groups is 1. The number of aliphatic imine (C=N–C) groups is 1. The summed E-state index contributed by atoms with van der Waals surface area (Å²) >= 11 is 1.67. The van der Waals surface area contributed by atoms with Crippen molar-refractivity contribution in [1.29, 1.82) is 0 Å². The van der Waals surface area contributed by atoms with Gasteiger partial charge in [0.1, 0.15) is 0 Å². The van der Waals surface area contributed by atoms with Gasteiger partial charge in [-0.2, -0.15) is 11.3 Å². The van der Waals surface area contributed by atoms with Crippen molar-refractivity contribution in [1.82, 2.24) is 10.2 Å². The van der Waals surface area contributed by atoms with E-state index >= 15 is 0 Å². The standard InChI is InChI=1S/C16H20FN3OS.HI/c1-3-18-16(20(2)10-13-6-7-22-11-13)19-9-12-4-5-15(21)14(17)8-12;/h4-8,11,21H,3,9-10H2,1-2H3,(H,18,19);1H. The fourth-order valence-electron chi connectivity index (χ4n) is 2.02. The number of thiophene rings is 1. The zero-order valence-corrected chi connectivity index (χ0v) is 16.3. The van der Waals surface area contributed by atoms with Gasteiger partial charge in [-0.25, -0.2) is 9.38 Å². The van der Waals surface area contributed by atoms with Gasteiger partial charge in [-0.3, -0.25) is 0 Å². The highest BCUT2D eigenvalue weighted by atomic mass is 127. The third-order valence-electron chi connectivity index (χ3n) is 3.12. The summed E-state index contributed by atoms with van der Waals surface area (Å²) in [6, 6.07) is 6.41. The summed E-state index contributed by atoms with van der Waals surface area (Å²) in [5.74, 6) is -0.194. The molecule has 2 rings (SSSR count). The smallest absolute Gasteiger partial charge is 0.194 e. The van der Waals surface area contributed by atoms with E-state index in [1.54, 1.807) is 17.4 Å². The van der Waals surface area contributed by atoms with Crippen LogP contribution in [-0.2, 0) is 13.1 Å². The molecule has 0 saturated heterocycles. The number of hydrogen-bond donors (Lipinski definition) is 2. The van der Waals surface area contributed by atoms with E-state index in [1.807, 2.05) is 24.3 Å². The Bertz CT molecular complexity index is 634. The van der Waals surface area contributed by atoms with Crippen LogP contribution < -0.4 is 5.32 Å². The molecule has 0 atom stereocenters. The van der Waals surface area contributed by atoms with Gasteiger partial charge in [0.2, 0.25) is 0 Å². The number of aromatic hydroxyl groups is 1. The van der Waals surface area contributed by atoms with Gasteiger partial charge in [-0.1, -0.05) is 6.07 Å². The number of halogens is 2. The molecule has 0 radical (unpaired) electrons. The molecule has 0 saturated carbocycles. The average molecular weight is 449 g/mol. The van der Waals surface area contributed by atoms with Crippen molar-refractivity contribution in [3.05, 3.63) is 52.0 Å². The molecule has 0 fully saturated rings. The van der Waals surface area contributed by atoms with E-state index in [1.165, 1.54) is 17.7 Å². The van der Waals surface area contributed by atoms with Crippen LogP contribution in [0.15, 0.2) is 40.0 Å². The predicted molar refractivity (Wildman–Crippen MR) is 104 cm³/mol. The second-order valence-corrected chi connectivity index (χ2v) is 5.72. The molecule has 2 aromatic rings. The van der Waals surface area contributed by atoms with E-state index < -0.39 is 5.82 Å². The van der Waals surface area contributed by atoms with Crippen molar-refractivity contribution in [3.8, 4) is 5.75 Å². The molecule has 2 N–H and O–H groups in total. The molecule has 0 amide bonds. The summed E-state index contributed by atoms with van der Waals surface area (Å²) < 4.78 is 13.3. The fraction of sp³-hybridized carbons (Fsp3) is 0.312. The van der Waals surface area contributed by atoms with E-state index in [0.717, 1.165) is 24.6 Å². The van der Waals surface area contributed by atoms with Crippen LogP contribution in [0.25, 0.3) is 0 Å². The molecule has 7 heteroatoms. The summed E-state index contributed by atoms with van der Waals surface area (Å²) in [4.78, 5) is 6.55. The quantitative estimate of drug-likeness (QED) is 0.415. The van der Waals surface area contributed by atoms with Gasteiger partial charge in [0.15, 0.2) is 17.5 Å². The minimum atomic E-state index is -0.621. The monoisotopic (exact) mass is 449 g/mol. The van der Waals surface area contributed by atoms with E-state index in [-0.39, 0.29) is 29.7 Å². The van der Waals surface area contributed by atoms with Crippen molar-refractivity contribution in [3.63, 3.8) is 0 Å². The molecule has 0 aliphatic carbocycles. The largest absolute Gasteiger partial charge is 0.505 e. The Kier molecular flexibility index (Phi) is 8.32. The molecular formula is C16H21FIN3OS. The molecular weight excluding hydrogens is 428 g/mol. The lowest BCUT2D eigenvalue weighted by Crippen LogP contribution is -2.38. The summed E-state index contributed by atoms with van der Waals surface area (Å²) in [5, 5.41) is 16.6. The summed E-state index contributed by atoms with van der Waals surface area (Å²) in [7, 11) is 1.97. The lowest BCUT2D eigenvalue weighted by molar-refractivity contribution is 0.432. The normalized spacial score (nSPS) is 11.0. The van der Waals surface area contributed by atoms with E-state index in [2.05, 4.69) is 21.8 Å². The van der Waals surface area contributed by atoms with Crippen LogP contribution in [0, 0.1) is 5.82 Å². The molecule has 0 aliphatic heterocycles. The van der Waals surface area contributed by atoms with Crippen LogP contribution in [-0.4, -0.2) is 29.6 Å². The van der Waals surface area contributed by atoms with Gasteiger partial charge >= 0.3 is 0 Å². The van der Waals surface area contributed by atoms with Crippen LogP contribution in [0.1, 0.15) is 18.1 Å². The first-order valence-electron chi connectivity index (χ1n) is 7.08. The number of phenolic OH excluding ortho intramolecular Hbond substituents is 1. The molecule has 23 heavy (non-hydrogen) atoms. The van der Waals surface area contributed by atoms with Crippen molar-refractivity contribution in [2.45, 2.75) is 20.0 Å².